The Kier molecular flexibility index (Phi) is 3.62. The Bertz CT molecular complexity index is 521. The predicted octanol–water partition coefficient (Wildman–Crippen LogP) is 1.65. The number of hydrogen-bond donors (Lipinski definition) is 2. The van der Waals surface area contributed by atoms with Gasteiger partial charge in [-0.05, 0) is 12.5 Å². The van der Waals surface area contributed by atoms with E-state index in [2.05, 4.69) is 10.2 Å². The van der Waals surface area contributed by atoms with Crippen molar-refractivity contribution in [3.8, 4) is 0 Å². The Balaban J connectivity index is 2.15. The van der Waals surface area contributed by atoms with Gasteiger partial charge in [0.15, 0.2) is 0 Å². The number of benzene rings is 1. The fourth-order valence-electron chi connectivity index (χ4n) is 1.77. The summed E-state index contributed by atoms with van der Waals surface area (Å²) in [5, 5.41) is 6.34. The van der Waals surface area contributed by atoms with Gasteiger partial charge in [0.2, 0.25) is 0 Å². The summed E-state index contributed by atoms with van der Waals surface area (Å²) in [7, 11) is 0. The van der Waals surface area contributed by atoms with Gasteiger partial charge in [-0.3, -0.25) is 9.89 Å². The molecule has 0 saturated heterocycles. The Morgan fingerprint density at radius 1 is 1.39 bits per heavy atom. The first-order valence-electron chi connectivity index (χ1n) is 5.84. The number of anilines is 1. The number of aromatic nitrogens is 2. The summed E-state index contributed by atoms with van der Waals surface area (Å²) in [6.45, 7) is 3.14. The van der Waals surface area contributed by atoms with E-state index < -0.39 is 0 Å². The number of carbonyl (C=O) groups excluding carboxylic acids is 1. The summed E-state index contributed by atoms with van der Waals surface area (Å²) in [6, 6.07) is 9.86. The highest BCUT2D eigenvalue weighted by Gasteiger charge is 2.18. The molecule has 0 spiro atoms. The van der Waals surface area contributed by atoms with Gasteiger partial charge < -0.3 is 10.6 Å². The Morgan fingerprint density at radius 2 is 2.11 bits per heavy atom. The molecule has 0 unspecified atom stereocenters. The van der Waals surface area contributed by atoms with Crippen LogP contribution >= 0.6 is 0 Å². The van der Waals surface area contributed by atoms with Crippen molar-refractivity contribution in [1.82, 2.24) is 15.1 Å². The first-order valence-corrected chi connectivity index (χ1v) is 5.84. The molecule has 2 aromatic rings. The molecule has 0 bridgehead atoms. The van der Waals surface area contributed by atoms with E-state index in [0.717, 1.165) is 5.56 Å². The summed E-state index contributed by atoms with van der Waals surface area (Å²) >= 11 is 0. The monoisotopic (exact) mass is 244 g/mol. The first kappa shape index (κ1) is 12.2. The van der Waals surface area contributed by atoms with Crippen LogP contribution < -0.4 is 5.73 Å². The number of aromatic amines is 1. The van der Waals surface area contributed by atoms with Crippen LogP contribution in [0, 0.1) is 0 Å². The number of nitrogen functional groups attached to an aromatic ring is 1. The summed E-state index contributed by atoms with van der Waals surface area (Å²) in [4.78, 5) is 14.0. The van der Waals surface area contributed by atoms with E-state index in [0.29, 0.717) is 24.5 Å². The van der Waals surface area contributed by atoms with Gasteiger partial charge in [0.05, 0.1) is 6.20 Å². The van der Waals surface area contributed by atoms with Crippen molar-refractivity contribution in [3.63, 3.8) is 0 Å². The van der Waals surface area contributed by atoms with E-state index in [1.165, 1.54) is 6.20 Å². The lowest BCUT2D eigenvalue weighted by Gasteiger charge is -2.20. The third-order valence-electron chi connectivity index (χ3n) is 2.78. The lowest BCUT2D eigenvalue weighted by molar-refractivity contribution is 0.0753. The number of nitrogens with two attached hydrogens (primary N) is 1. The molecule has 2 rings (SSSR count). The number of nitrogens with one attached hydrogen (secondary N) is 1. The molecule has 0 aliphatic rings. The molecule has 5 heteroatoms. The number of rotatable bonds is 4. The van der Waals surface area contributed by atoms with Gasteiger partial charge in [-0.2, -0.15) is 5.10 Å². The van der Waals surface area contributed by atoms with E-state index in [1.807, 2.05) is 37.3 Å². The van der Waals surface area contributed by atoms with Crippen molar-refractivity contribution in [3.05, 3.63) is 47.7 Å². The van der Waals surface area contributed by atoms with Crippen molar-refractivity contribution in [2.45, 2.75) is 13.5 Å². The summed E-state index contributed by atoms with van der Waals surface area (Å²) in [5.74, 6) is 0.208. The number of carbonyl (C=O) groups is 1. The number of nitrogens with zero attached hydrogens (tertiary/aromatic N) is 2. The highest BCUT2D eigenvalue weighted by Crippen LogP contribution is 2.13. The second-order valence-corrected chi connectivity index (χ2v) is 4.00. The lowest BCUT2D eigenvalue weighted by atomic mass is 10.2. The maximum atomic E-state index is 12.2. The molecule has 3 N–H and O–H groups in total. The molecular weight excluding hydrogens is 228 g/mol. The quantitative estimate of drug-likeness (QED) is 0.858. The summed E-state index contributed by atoms with van der Waals surface area (Å²) in [5.41, 5.74) is 7.18. The highest BCUT2D eigenvalue weighted by molar-refractivity contribution is 5.98. The van der Waals surface area contributed by atoms with Crippen LogP contribution in [0.15, 0.2) is 36.5 Å². The summed E-state index contributed by atoms with van der Waals surface area (Å²) in [6.07, 6.45) is 1.46. The molecule has 0 aliphatic heterocycles. The Morgan fingerprint density at radius 3 is 2.67 bits per heavy atom. The molecule has 0 aliphatic carbocycles. The average molecular weight is 244 g/mol. The van der Waals surface area contributed by atoms with Crippen LogP contribution in [0.3, 0.4) is 0 Å². The van der Waals surface area contributed by atoms with Gasteiger partial charge in [0.25, 0.3) is 5.91 Å². The molecule has 0 saturated carbocycles. The van der Waals surface area contributed by atoms with Crippen molar-refractivity contribution >= 4 is 11.7 Å². The largest absolute Gasteiger partial charge is 0.383 e. The van der Waals surface area contributed by atoms with Crippen LogP contribution in [-0.2, 0) is 6.54 Å². The minimum Gasteiger partial charge on any atom is -0.383 e. The van der Waals surface area contributed by atoms with E-state index in [9.17, 15) is 4.79 Å². The van der Waals surface area contributed by atoms with Crippen molar-refractivity contribution < 1.29 is 4.79 Å². The maximum Gasteiger partial charge on any atom is 0.259 e. The summed E-state index contributed by atoms with van der Waals surface area (Å²) < 4.78 is 0. The molecule has 0 fully saturated rings. The van der Waals surface area contributed by atoms with Crippen LogP contribution in [0.2, 0.25) is 0 Å². The van der Waals surface area contributed by atoms with Crippen LogP contribution in [0.4, 0.5) is 5.82 Å². The Hall–Kier alpha value is -2.30. The molecule has 0 atom stereocenters. The third-order valence-corrected chi connectivity index (χ3v) is 2.78. The van der Waals surface area contributed by atoms with Crippen molar-refractivity contribution in [2.24, 2.45) is 0 Å². The third kappa shape index (κ3) is 2.51. The lowest BCUT2D eigenvalue weighted by Crippen LogP contribution is -2.30. The van der Waals surface area contributed by atoms with Crippen LogP contribution in [-0.4, -0.2) is 27.5 Å². The van der Waals surface area contributed by atoms with Gasteiger partial charge in [-0.25, -0.2) is 0 Å². The van der Waals surface area contributed by atoms with Gasteiger partial charge in [-0.15, -0.1) is 0 Å². The second kappa shape index (κ2) is 5.35. The van der Waals surface area contributed by atoms with Gasteiger partial charge in [-0.1, -0.05) is 30.3 Å². The molecule has 18 heavy (non-hydrogen) atoms. The number of H-pyrrole nitrogens is 1. The molecule has 1 heterocycles. The fourth-order valence-corrected chi connectivity index (χ4v) is 1.77. The van der Waals surface area contributed by atoms with Gasteiger partial charge in [0, 0.05) is 13.1 Å². The smallest absolute Gasteiger partial charge is 0.259 e. The number of amides is 1. The number of hydrogen-bond acceptors (Lipinski definition) is 3. The van der Waals surface area contributed by atoms with Crippen molar-refractivity contribution in [1.29, 1.82) is 0 Å². The van der Waals surface area contributed by atoms with E-state index in [1.54, 1.807) is 4.90 Å². The Labute approximate surface area is 106 Å². The first-order chi connectivity index (χ1) is 8.72. The molecule has 1 aromatic carbocycles. The van der Waals surface area contributed by atoms with Crippen molar-refractivity contribution in [2.75, 3.05) is 12.3 Å². The zero-order chi connectivity index (χ0) is 13.0. The average Bonchev–Trinajstić information content (AvgIpc) is 2.82. The standard InChI is InChI=1S/C13H16N4O/c1-2-17(9-10-6-4-3-5-7-10)13(18)11-8-15-16-12(11)14/h3-8H,2,9H2,1H3,(H3,14,15,16). The normalized spacial score (nSPS) is 10.3. The molecular formula is C13H16N4O. The zero-order valence-corrected chi connectivity index (χ0v) is 10.3. The fraction of sp³-hybridized carbons (Fsp3) is 0.231. The van der Waals surface area contributed by atoms with Gasteiger partial charge in [0.1, 0.15) is 11.4 Å². The zero-order valence-electron chi connectivity index (χ0n) is 10.3. The van der Waals surface area contributed by atoms with Gasteiger partial charge >= 0.3 is 0 Å². The van der Waals surface area contributed by atoms with Crippen LogP contribution in [0.5, 0.6) is 0 Å². The maximum absolute atomic E-state index is 12.2. The minimum atomic E-state index is -0.104. The minimum absolute atomic E-state index is 0.104. The molecule has 94 valence electrons. The highest BCUT2D eigenvalue weighted by atomic mass is 16.2. The predicted molar refractivity (Wildman–Crippen MR) is 69.9 cm³/mol. The van der Waals surface area contributed by atoms with Crippen LogP contribution in [0.1, 0.15) is 22.8 Å². The molecule has 0 radical (unpaired) electrons. The van der Waals surface area contributed by atoms with Crippen LogP contribution in [0.25, 0.3) is 0 Å². The van der Waals surface area contributed by atoms with E-state index >= 15 is 0 Å². The van der Waals surface area contributed by atoms with E-state index in [-0.39, 0.29) is 5.91 Å². The molecule has 1 aromatic heterocycles. The molecule has 5 nitrogen and oxygen atoms in total. The molecule has 1 amide bonds. The van der Waals surface area contributed by atoms with E-state index in [4.69, 9.17) is 5.73 Å². The second-order valence-electron chi connectivity index (χ2n) is 4.00. The SMILES string of the molecule is CCN(Cc1ccccc1)C(=O)c1cn[nH]c1N. The topological polar surface area (TPSA) is 75.0 Å².